The molecule has 0 amide bonds. The second-order valence-electron chi connectivity index (χ2n) is 28.3. The summed E-state index contributed by atoms with van der Waals surface area (Å²) in [4.78, 5) is 71.6. The lowest BCUT2D eigenvalue weighted by molar-refractivity contribution is -0.141. The van der Waals surface area contributed by atoms with E-state index in [1.807, 2.05) is 31.2 Å². The number of fused-ring (bicyclic) bond motifs is 3. The zero-order valence-electron chi connectivity index (χ0n) is 61.2. The number of thiophene rings is 2. The number of benzene rings is 1. The highest BCUT2D eigenvalue weighted by Gasteiger charge is 2.41. The molecule has 9 aromatic rings. The van der Waals surface area contributed by atoms with E-state index in [1.165, 1.54) is 66.3 Å². The van der Waals surface area contributed by atoms with Gasteiger partial charge in [0.05, 0.1) is 89.5 Å². The Bertz CT molecular complexity index is 5520. The standard InChI is InChI=1S/C25H26F3N5O6S2.C24H25Cl2N5O6S.C23H25ClN4O7S2/c1-12-16(23-21-13(4-5-38-23)2-3-20(33-21)25(26,27)28)8-19(40-12)22(35)17-9-30-11-31-24(17)32-15-6-14(18(34)7-15)10-39-41(29,36)37;25-14-2-1-12-3-4-29-21(16(12)6-14)17-8-20(37-23(17)26)22(33)18-9-28-11-30-24(18)31-15-5-13(19(32)7-15)10-36-38(27,34)35;1-11-14(22-15-7-20(24)35-18(15)2-3-33-22)6-19(36-11)21(30)16-8-26-10-27-23(16)28-13-4-12(17(29)5-13)9-34-37(25,31)32/h2-3,8-9,11,14-15,18,23,34H,4-7,10H2,1H3,(H2,29,36,37)(H,30,31,32);1-2,6,8-9,11,13,15,19,21,29,32H,3-5,7,10H2,(H2,27,34,35)(H,28,30,31);6-8,10,12-13,17,22,29H,2-5,9H2,1H3,(H2,25,31,32)(H,26,27,28)/t14-,15-,18+,23?;13-,15-,19+,21?;12-,13-,17+,22?/m111/s1. The summed E-state index contributed by atoms with van der Waals surface area (Å²) >= 11 is 21.3. The fraction of sp³-hybridized carbons (Fsp3) is 0.417. The van der Waals surface area contributed by atoms with E-state index in [2.05, 4.69) is 68.7 Å². The van der Waals surface area contributed by atoms with E-state index in [0.717, 1.165) is 51.9 Å². The van der Waals surface area contributed by atoms with E-state index in [0.29, 0.717) is 106 Å². The van der Waals surface area contributed by atoms with E-state index in [9.17, 15) is 68.1 Å². The van der Waals surface area contributed by atoms with E-state index < -0.39 is 96.5 Å². The molecule has 3 fully saturated rings. The summed E-state index contributed by atoms with van der Waals surface area (Å²) in [6.07, 6.45) is 3.62. The summed E-state index contributed by atoms with van der Waals surface area (Å²) in [6.45, 7) is 4.44. The Balaban J connectivity index is 0.000000152. The molecule has 116 heavy (non-hydrogen) atoms. The Hall–Kier alpha value is -7.99. The van der Waals surface area contributed by atoms with Crippen molar-refractivity contribution in [3.05, 3.63) is 206 Å². The average molecular weight is 1770 g/mol. The van der Waals surface area contributed by atoms with Gasteiger partial charge in [-0.3, -0.25) is 26.9 Å². The molecule has 8 aromatic heterocycles. The molecule has 0 radical (unpaired) electrons. The third-order valence-electron chi connectivity index (χ3n) is 20.5. The van der Waals surface area contributed by atoms with Crippen molar-refractivity contribution < 1.29 is 99.0 Å². The summed E-state index contributed by atoms with van der Waals surface area (Å²) in [5.41, 5.74) is 5.42. The van der Waals surface area contributed by atoms with Crippen LogP contribution in [-0.2, 0) is 78.4 Å². The van der Waals surface area contributed by atoms with Crippen molar-refractivity contribution in [3.63, 3.8) is 0 Å². The summed E-state index contributed by atoms with van der Waals surface area (Å²) in [6, 6.07) is 13.7. The van der Waals surface area contributed by atoms with Crippen molar-refractivity contribution >= 4 is 123 Å². The number of halogens is 6. The molecule has 6 aliphatic rings. The molecule has 12 atom stereocenters. The van der Waals surface area contributed by atoms with Crippen molar-refractivity contribution in [1.29, 1.82) is 0 Å². The van der Waals surface area contributed by atoms with Gasteiger partial charge in [-0.25, -0.2) is 50.3 Å². The SMILES string of the molecule is Cc1sc(C(=O)c2cncnc2N[C@@H]2C[C@H](COS(N)(=O)=O)[C@@H](O)C2)cc1C1OCCc2ccc(C(F)(F)F)nc21.Cc1sc(C(=O)c2cncnc2N[C@@H]2C[C@H](COS(N)(=O)=O)[C@@H](O)C2)cc1C1OCCc2oc(Cl)cc21.NS(=O)(=O)OC[C@H]1C[C@@H](Nc2ncncc2C(=O)c2cc(C3NCCc4ccc(Cl)cc43)c(Cl)o2)C[C@@H]1O. The predicted octanol–water partition coefficient (Wildman–Crippen LogP) is 8.30. The minimum atomic E-state index is -4.61. The van der Waals surface area contributed by atoms with Crippen molar-refractivity contribution in [2.24, 2.45) is 33.2 Å². The number of hydrogen-bond donors (Lipinski definition) is 10. The number of hydrogen-bond acceptors (Lipinski definition) is 32. The van der Waals surface area contributed by atoms with Gasteiger partial charge in [-0.15, -0.1) is 22.7 Å². The molecular weight excluding hydrogens is 1690 g/mol. The molecular formula is C72H76Cl3F3N14O19S5. The zero-order chi connectivity index (χ0) is 82.9. The summed E-state index contributed by atoms with van der Waals surface area (Å²) in [5.74, 6) is -0.932. The Morgan fingerprint density at radius 2 is 1.03 bits per heavy atom. The van der Waals surface area contributed by atoms with Crippen LogP contribution in [0.25, 0.3) is 0 Å². The first kappa shape index (κ1) is 85.9. The molecule has 0 bridgehead atoms. The lowest BCUT2D eigenvalue weighted by Crippen LogP contribution is -2.30. The number of nitrogens with one attached hydrogen (secondary N) is 4. The van der Waals surface area contributed by atoms with Crippen LogP contribution < -0.4 is 36.7 Å². The van der Waals surface area contributed by atoms with Crippen LogP contribution in [0.15, 0.2) is 101 Å². The number of aromatic nitrogens is 7. The Kier molecular flexibility index (Phi) is 26.6. The molecule has 13 N–H and O–H groups in total. The average Bonchev–Trinajstić information content (AvgIpc) is 1.52. The first-order chi connectivity index (χ1) is 55.0. The number of alkyl halides is 3. The topological polar surface area (TPSA) is 503 Å². The molecule has 11 heterocycles. The van der Waals surface area contributed by atoms with Gasteiger partial charge in [0.15, 0.2) is 16.2 Å². The van der Waals surface area contributed by atoms with Crippen LogP contribution in [0.2, 0.25) is 15.5 Å². The summed E-state index contributed by atoms with van der Waals surface area (Å²) in [7, 11) is -12.4. The summed E-state index contributed by atoms with van der Waals surface area (Å²) in [5, 5.41) is 59.6. The van der Waals surface area contributed by atoms with Gasteiger partial charge >= 0.3 is 37.1 Å². The molecule has 0 saturated heterocycles. The Morgan fingerprint density at radius 1 is 0.569 bits per heavy atom. The number of rotatable bonds is 24. The second-order valence-corrected chi connectivity index (χ2v) is 35.7. The number of aryl methyl sites for hydroxylation is 2. The first-order valence-corrected chi connectivity index (χ1v) is 43.1. The molecule has 3 aliphatic carbocycles. The van der Waals surface area contributed by atoms with Gasteiger partial charge in [0.1, 0.15) is 60.1 Å². The maximum absolute atomic E-state index is 13.6. The van der Waals surface area contributed by atoms with Crippen LogP contribution in [-0.4, -0.2) is 169 Å². The third kappa shape index (κ3) is 20.8. The number of nitrogens with zero attached hydrogens (tertiary/aromatic N) is 7. The normalized spacial score (nSPS) is 23.3. The van der Waals surface area contributed by atoms with Gasteiger partial charge in [0.25, 0.3) is 0 Å². The van der Waals surface area contributed by atoms with Crippen LogP contribution in [0, 0.1) is 31.6 Å². The van der Waals surface area contributed by atoms with Crippen molar-refractivity contribution in [2.75, 3.05) is 55.5 Å². The highest BCUT2D eigenvalue weighted by atomic mass is 35.5. The van der Waals surface area contributed by atoms with E-state index in [-0.39, 0.29) is 107 Å². The van der Waals surface area contributed by atoms with E-state index >= 15 is 0 Å². The van der Waals surface area contributed by atoms with Crippen molar-refractivity contribution in [1.82, 2.24) is 40.2 Å². The number of ketones is 3. The van der Waals surface area contributed by atoms with Crippen molar-refractivity contribution in [2.45, 2.75) is 132 Å². The third-order valence-corrected chi connectivity index (χ3v) is 24.7. The maximum Gasteiger partial charge on any atom is 0.433 e. The monoisotopic (exact) mass is 1760 g/mol. The largest absolute Gasteiger partial charge is 0.449 e. The maximum atomic E-state index is 13.6. The summed E-state index contributed by atoms with van der Waals surface area (Å²) < 4.78 is 144. The van der Waals surface area contributed by atoms with Crippen LogP contribution in [0.3, 0.4) is 0 Å². The molecule has 0 spiro atoms. The van der Waals surface area contributed by atoms with Gasteiger partial charge in [-0.1, -0.05) is 23.7 Å². The fourth-order valence-electron chi connectivity index (χ4n) is 14.9. The number of ether oxygens (including phenoxy) is 2. The molecule has 33 nitrogen and oxygen atoms in total. The van der Waals surface area contributed by atoms with Gasteiger partial charge in [0.2, 0.25) is 17.3 Å². The number of furan rings is 2. The van der Waals surface area contributed by atoms with Gasteiger partial charge in [-0.05, 0) is 147 Å². The highest BCUT2D eigenvalue weighted by Crippen LogP contribution is 2.44. The number of aliphatic hydroxyl groups excluding tert-OH is 3. The minimum Gasteiger partial charge on any atom is -0.449 e. The molecule has 3 aliphatic heterocycles. The molecule has 3 saturated carbocycles. The van der Waals surface area contributed by atoms with Crippen LogP contribution in [0.4, 0.5) is 30.6 Å². The second kappa shape index (κ2) is 35.9. The number of aliphatic hydroxyl groups is 3. The molecule has 620 valence electrons. The van der Waals surface area contributed by atoms with Gasteiger partial charge in [-0.2, -0.15) is 38.4 Å². The predicted molar refractivity (Wildman–Crippen MR) is 415 cm³/mol. The number of anilines is 3. The number of pyridine rings is 1. The smallest absolute Gasteiger partial charge is 0.433 e. The molecule has 15 rings (SSSR count). The molecule has 3 unspecified atom stereocenters. The lowest BCUT2D eigenvalue weighted by Gasteiger charge is -2.26. The van der Waals surface area contributed by atoms with Crippen molar-refractivity contribution in [3.8, 4) is 0 Å². The highest BCUT2D eigenvalue weighted by molar-refractivity contribution is 7.84. The van der Waals surface area contributed by atoms with Crippen LogP contribution in [0.5, 0.6) is 0 Å². The van der Waals surface area contributed by atoms with E-state index in [1.54, 1.807) is 25.1 Å². The van der Waals surface area contributed by atoms with E-state index in [4.69, 9.17) is 68.5 Å². The fourth-order valence-corrected chi connectivity index (χ4v) is 18.7. The number of carbonyl (C=O) groups excluding carboxylic acids is 3. The first-order valence-electron chi connectivity index (χ1n) is 36.0. The lowest BCUT2D eigenvalue weighted by atomic mass is 9.91. The number of carbonyl (C=O) groups is 3. The van der Waals surface area contributed by atoms with Gasteiger partial charge < -0.3 is 54.9 Å². The Labute approximate surface area is 684 Å². The van der Waals surface area contributed by atoms with Crippen LogP contribution in [0.1, 0.15) is 169 Å². The Morgan fingerprint density at radius 3 is 1.53 bits per heavy atom. The molecule has 44 heteroatoms. The zero-order valence-corrected chi connectivity index (χ0v) is 67.6. The molecule has 1 aromatic carbocycles. The van der Waals surface area contributed by atoms with Crippen LogP contribution >= 0.6 is 57.5 Å². The van der Waals surface area contributed by atoms with Gasteiger partial charge in [0, 0.05) is 105 Å². The quantitative estimate of drug-likeness (QED) is 0.0254. The minimum absolute atomic E-state index is 0.0182. The number of nitrogens with two attached hydrogens (primary N) is 3.